The minimum absolute atomic E-state index is 0.0357. The quantitative estimate of drug-likeness (QED) is 0.763. The third-order valence-electron chi connectivity index (χ3n) is 3.82. The largest absolute Gasteiger partial charge is 0.302 e. The molecule has 1 aromatic heterocycles. The first kappa shape index (κ1) is 16.0. The molecule has 5 nitrogen and oxygen atoms in total. The molecule has 116 valence electrons. The molecular formula is C14H19FN2O3S. The van der Waals surface area contributed by atoms with Gasteiger partial charge in [0.15, 0.2) is 15.6 Å². The Labute approximate surface area is 124 Å². The van der Waals surface area contributed by atoms with Crippen LogP contribution in [0.3, 0.4) is 0 Å². The highest BCUT2D eigenvalue weighted by Crippen LogP contribution is 2.18. The number of nitrogens with zero attached hydrogens (tertiary/aromatic N) is 2. The third-order valence-corrected chi connectivity index (χ3v) is 5.57. The molecule has 21 heavy (non-hydrogen) atoms. The summed E-state index contributed by atoms with van der Waals surface area (Å²) in [6.07, 6.45) is 1.63. The fourth-order valence-electron chi connectivity index (χ4n) is 2.56. The Balaban J connectivity index is 1.96. The van der Waals surface area contributed by atoms with Gasteiger partial charge < -0.3 is 4.90 Å². The van der Waals surface area contributed by atoms with Crippen molar-refractivity contribution in [2.75, 3.05) is 25.1 Å². The maximum absolute atomic E-state index is 12.8. The highest BCUT2D eigenvalue weighted by atomic mass is 32.2. The van der Waals surface area contributed by atoms with Crippen LogP contribution in [0.25, 0.3) is 0 Å². The minimum Gasteiger partial charge on any atom is -0.302 e. The SMILES string of the molecule is CC(CN(C)C1CCS(=O)(=O)C1)C(=O)c1ccc(F)cn1. The summed E-state index contributed by atoms with van der Waals surface area (Å²) in [5, 5.41) is 0. The van der Waals surface area contributed by atoms with Crippen LogP contribution in [0, 0.1) is 11.7 Å². The van der Waals surface area contributed by atoms with Gasteiger partial charge >= 0.3 is 0 Å². The van der Waals surface area contributed by atoms with Crippen LogP contribution in [0.15, 0.2) is 18.3 Å². The minimum atomic E-state index is -2.93. The van der Waals surface area contributed by atoms with Crippen LogP contribution < -0.4 is 0 Å². The predicted molar refractivity (Wildman–Crippen MR) is 77.4 cm³/mol. The van der Waals surface area contributed by atoms with Gasteiger partial charge in [-0.05, 0) is 25.6 Å². The van der Waals surface area contributed by atoms with Crippen LogP contribution in [0.5, 0.6) is 0 Å². The Kier molecular flexibility index (Phi) is 4.73. The van der Waals surface area contributed by atoms with Gasteiger partial charge in [-0.15, -0.1) is 0 Å². The predicted octanol–water partition coefficient (Wildman–Crippen LogP) is 1.16. The summed E-state index contributed by atoms with van der Waals surface area (Å²) in [4.78, 5) is 17.9. The van der Waals surface area contributed by atoms with E-state index in [0.29, 0.717) is 13.0 Å². The van der Waals surface area contributed by atoms with Crippen molar-refractivity contribution in [3.05, 3.63) is 29.8 Å². The molecule has 0 radical (unpaired) electrons. The van der Waals surface area contributed by atoms with Gasteiger partial charge in [0, 0.05) is 18.5 Å². The summed E-state index contributed by atoms with van der Waals surface area (Å²) in [5.74, 6) is -0.602. The average Bonchev–Trinajstić information content (AvgIpc) is 2.79. The molecule has 0 spiro atoms. The maximum Gasteiger partial charge on any atom is 0.185 e. The number of sulfone groups is 1. The average molecular weight is 314 g/mol. The zero-order valence-corrected chi connectivity index (χ0v) is 12.9. The first-order valence-corrected chi connectivity index (χ1v) is 8.67. The lowest BCUT2D eigenvalue weighted by Gasteiger charge is -2.25. The first-order valence-electron chi connectivity index (χ1n) is 6.85. The second kappa shape index (κ2) is 6.19. The topological polar surface area (TPSA) is 67.3 Å². The van der Waals surface area contributed by atoms with Crippen molar-refractivity contribution in [2.24, 2.45) is 5.92 Å². The van der Waals surface area contributed by atoms with Crippen LogP contribution in [0.1, 0.15) is 23.8 Å². The van der Waals surface area contributed by atoms with Gasteiger partial charge in [0.2, 0.25) is 0 Å². The number of aromatic nitrogens is 1. The van der Waals surface area contributed by atoms with E-state index in [4.69, 9.17) is 0 Å². The van der Waals surface area contributed by atoms with Crippen LogP contribution >= 0.6 is 0 Å². The first-order chi connectivity index (χ1) is 9.78. The van der Waals surface area contributed by atoms with E-state index in [0.717, 1.165) is 6.20 Å². The number of pyridine rings is 1. The Hall–Kier alpha value is -1.34. The van der Waals surface area contributed by atoms with E-state index in [1.54, 1.807) is 6.92 Å². The lowest BCUT2D eigenvalue weighted by Crippen LogP contribution is -2.37. The van der Waals surface area contributed by atoms with E-state index in [1.807, 2.05) is 11.9 Å². The number of carbonyl (C=O) groups is 1. The lowest BCUT2D eigenvalue weighted by molar-refractivity contribution is 0.0886. The molecule has 1 aliphatic heterocycles. The highest BCUT2D eigenvalue weighted by Gasteiger charge is 2.31. The van der Waals surface area contributed by atoms with Crippen molar-refractivity contribution >= 4 is 15.6 Å². The van der Waals surface area contributed by atoms with Crippen molar-refractivity contribution in [2.45, 2.75) is 19.4 Å². The number of carbonyl (C=O) groups excluding carboxylic acids is 1. The molecule has 1 saturated heterocycles. The van der Waals surface area contributed by atoms with Gasteiger partial charge in [-0.1, -0.05) is 6.92 Å². The van der Waals surface area contributed by atoms with Crippen molar-refractivity contribution in [3.63, 3.8) is 0 Å². The smallest absolute Gasteiger partial charge is 0.185 e. The number of hydrogen-bond acceptors (Lipinski definition) is 5. The van der Waals surface area contributed by atoms with Crippen molar-refractivity contribution in [1.82, 2.24) is 9.88 Å². The molecule has 0 saturated carbocycles. The second-order valence-electron chi connectivity index (χ2n) is 5.62. The Morgan fingerprint density at radius 2 is 2.24 bits per heavy atom. The zero-order chi connectivity index (χ0) is 15.6. The molecule has 7 heteroatoms. The fraction of sp³-hybridized carbons (Fsp3) is 0.571. The third kappa shape index (κ3) is 4.07. The van der Waals surface area contributed by atoms with E-state index < -0.39 is 15.7 Å². The zero-order valence-electron chi connectivity index (χ0n) is 12.1. The summed E-state index contributed by atoms with van der Waals surface area (Å²) in [5.41, 5.74) is 0.233. The van der Waals surface area contributed by atoms with E-state index in [-0.39, 0.29) is 34.9 Å². The molecule has 2 heterocycles. The Morgan fingerprint density at radius 3 is 2.76 bits per heavy atom. The number of rotatable bonds is 5. The van der Waals surface area contributed by atoms with Gasteiger partial charge in [-0.2, -0.15) is 0 Å². The van der Waals surface area contributed by atoms with Gasteiger partial charge in [0.25, 0.3) is 0 Å². The van der Waals surface area contributed by atoms with Crippen molar-refractivity contribution < 1.29 is 17.6 Å². The van der Waals surface area contributed by atoms with Gasteiger partial charge in [0.1, 0.15) is 11.5 Å². The maximum atomic E-state index is 12.8. The molecule has 0 amide bonds. The molecule has 0 aliphatic carbocycles. The molecule has 0 aromatic carbocycles. The molecule has 2 rings (SSSR count). The highest BCUT2D eigenvalue weighted by molar-refractivity contribution is 7.91. The van der Waals surface area contributed by atoms with E-state index in [1.165, 1.54) is 12.1 Å². The summed E-state index contributed by atoms with van der Waals surface area (Å²) >= 11 is 0. The Bertz CT molecular complexity index is 616. The molecule has 2 atom stereocenters. The monoisotopic (exact) mass is 314 g/mol. The van der Waals surface area contributed by atoms with E-state index in [9.17, 15) is 17.6 Å². The molecule has 1 aliphatic rings. The number of halogens is 1. The van der Waals surface area contributed by atoms with Gasteiger partial charge in [-0.25, -0.2) is 12.8 Å². The summed E-state index contributed by atoms with van der Waals surface area (Å²) in [6, 6.07) is 2.54. The van der Waals surface area contributed by atoms with E-state index >= 15 is 0 Å². The number of hydrogen-bond donors (Lipinski definition) is 0. The number of ketones is 1. The molecular weight excluding hydrogens is 295 g/mol. The fourth-order valence-corrected chi connectivity index (χ4v) is 4.37. The molecule has 0 bridgehead atoms. The van der Waals surface area contributed by atoms with Crippen LogP contribution in [0.2, 0.25) is 0 Å². The molecule has 1 fully saturated rings. The Morgan fingerprint density at radius 1 is 1.52 bits per heavy atom. The molecule has 2 unspecified atom stereocenters. The standard InChI is InChI=1S/C14H19FN2O3S/c1-10(14(18)13-4-3-11(15)7-16-13)8-17(2)12-5-6-21(19,20)9-12/h3-4,7,10,12H,5-6,8-9H2,1-2H3. The lowest BCUT2D eigenvalue weighted by atomic mass is 10.0. The van der Waals surface area contributed by atoms with Gasteiger partial charge in [-0.3, -0.25) is 9.78 Å². The van der Waals surface area contributed by atoms with Crippen LogP contribution in [0.4, 0.5) is 4.39 Å². The second-order valence-corrected chi connectivity index (χ2v) is 7.85. The summed E-state index contributed by atoms with van der Waals surface area (Å²) in [7, 11) is -1.11. The van der Waals surface area contributed by atoms with Crippen molar-refractivity contribution in [1.29, 1.82) is 0 Å². The van der Waals surface area contributed by atoms with Crippen LogP contribution in [-0.4, -0.2) is 55.2 Å². The molecule has 1 aromatic rings. The van der Waals surface area contributed by atoms with Crippen LogP contribution in [-0.2, 0) is 9.84 Å². The number of Topliss-reactive ketones (excluding diaryl/α,β-unsaturated/α-hetero) is 1. The normalized spacial score (nSPS) is 22.4. The van der Waals surface area contributed by atoms with Crippen molar-refractivity contribution in [3.8, 4) is 0 Å². The molecule has 0 N–H and O–H groups in total. The van der Waals surface area contributed by atoms with Gasteiger partial charge in [0.05, 0.1) is 17.7 Å². The summed E-state index contributed by atoms with van der Waals surface area (Å²) < 4.78 is 35.8. The summed E-state index contributed by atoms with van der Waals surface area (Å²) in [6.45, 7) is 2.23. The van der Waals surface area contributed by atoms with E-state index in [2.05, 4.69) is 4.98 Å².